The number of H-pyrrole nitrogens is 1. The molecule has 2 aromatic heterocycles. The minimum atomic E-state index is -0.0260. The number of aromatic nitrogens is 2. The molecule has 122 valence electrons. The first-order valence-electron chi connectivity index (χ1n) is 8.49. The number of hydrogen-bond donors (Lipinski definition) is 1. The van der Waals surface area contributed by atoms with E-state index in [4.69, 9.17) is 0 Å². The van der Waals surface area contributed by atoms with Crippen molar-refractivity contribution in [2.24, 2.45) is 0 Å². The molecule has 1 amide bonds. The summed E-state index contributed by atoms with van der Waals surface area (Å²) in [4.78, 5) is 22.9. The molecule has 4 heteroatoms. The fraction of sp³-hybridized carbons (Fsp3) is 0.143. The monoisotopic (exact) mass is 327 g/mol. The summed E-state index contributed by atoms with van der Waals surface area (Å²) in [5, 5.41) is 2.09. The Bertz CT molecular complexity index is 1140. The number of aryl methyl sites for hydroxylation is 1. The Morgan fingerprint density at radius 1 is 1.08 bits per heavy atom. The van der Waals surface area contributed by atoms with Gasteiger partial charge in [0.05, 0.1) is 11.0 Å². The Labute approximate surface area is 145 Å². The third-order valence-corrected chi connectivity index (χ3v) is 4.95. The molecule has 0 spiro atoms. The molecular formula is C21H17N3O. The molecule has 4 nitrogen and oxygen atoms in total. The number of fused-ring (bicyclic) bond motifs is 4. The number of nitrogens with zero attached hydrogens (tertiary/aromatic N) is 2. The number of carbonyl (C=O) groups is 1. The molecule has 25 heavy (non-hydrogen) atoms. The lowest BCUT2D eigenvalue weighted by atomic mass is 10.1. The maximum atomic E-state index is 13.0. The molecule has 2 aromatic carbocycles. The van der Waals surface area contributed by atoms with Crippen molar-refractivity contribution in [1.29, 1.82) is 0 Å². The number of para-hydroxylation sites is 1. The zero-order chi connectivity index (χ0) is 17.0. The van der Waals surface area contributed by atoms with Gasteiger partial charge in [0.15, 0.2) is 0 Å². The van der Waals surface area contributed by atoms with Gasteiger partial charge in [-0.05, 0) is 37.1 Å². The van der Waals surface area contributed by atoms with Crippen LogP contribution in [0, 0.1) is 6.92 Å². The first-order valence-corrected chi connectivity index (χ1v) is 8.49. The number of anilines is 1. The van der Waals surface area contributed by atoms with Gasteiger partial charge >= 0.3 is 0 Å². The number of hydrogen-bond acceptors (Lipinski definition) is 2. The van der Waals surface area contributed by atoms with E-state index >= 15 is 0 Å². The van der Waals surface area contributed by atoms with Crippen molar-refractivity contribution in [3.05, 3.63) is 71.5 Å². The van der Waals surface area contributed by atoms with Gasteiger partial charge in [-0.2, -0.15) is 0 Å². The van der Waals surface area contributed by atoms with Crippen molar-refractivity contribution in [2.45, 2.75) is 13.3 Å². The van der Waals surface area contributed by atoms with Crippen molar-refractivity contribution < 1.29 is 4.79 Å². The smallest absolute Gasteiger partial charge is 0.276 e. The van der Waals surface area contributed by atoms with E-state index in [-0.39, 0.29) is 5.91 Å². The molecular weight excluding hydrogens is 310 g/mol. The van der Waals surface area contributed by atoms with Gasteiger partial charge in [0, 0.05) is 28.7 Å². The second-order valence-corrected chi connectivity index (χ2v) is 6.59. The highest BCUT2D eigenvalue weighted by atomic mass is 16.2. The van der Waals surface area contributed by atoms with Crippen LogP contribution < -0.4 is 4.90 Å². The first kappa shape index (κ1) is 14.2. The molecule has 5 rings (SSSR count). The molecule has 0 unspecified atom stereocenters. The fourth-order valence-electron chi connectivity index (χ4n) is 3.68. The maximum absolute atomic E-state index is 13.0. The Hall–Kier alpha value is -3.14. The third-order valence-electron chi connectivity index (χ3n) is 4.95. The summed E-state index contributed by atoms with van der Waals surface area (Å²) in [5.74, 6) is -0.0260. The molecule has 0 bridgehead atoms. The number of pyridine rings is 1. The molecule has 0 aliphatic carbocycles. The van der Waals surface area contributed by atoms with Crippen LogP contribution in [0.2, 0.25) is 0 Å². The van der Waals surface area contributed by atoms with Crippen molar-refractivity contribution >= 4 is 33.4 Å². The standard InChI is InChI=1S/C21H17N3O/c1-13-6-7-15-8-9-16-12-17(23-20(16)19(15)22-13)21(25)24-11-10-14-4-2-3-5-18(14)24/h2-9,12,22H,10-11H2,1H3. The van der Waals surface area contributed by atoms with Crippen molar-refractivity contribution in [1.82, 2.24) is 9.97 Å². The van der Waals surface area contributed by atoms with E-state index in [1.165, 1.54) is 5.56 Å². The molecule has 1 aliphatic rings. The lowest BCUT2D eigenvalue weighted by Crippen LogP contribution is -2.29. The molecule has 0 saturated carbocycles. The number of carbonyl (C=O) groups excluding carboxylic acids is 1. The summed E-state index contributed by atoms with van der Waals surface area (Å²) in [7, 11) is 0. The lowest BCUT2D eigenvalue weighted by Gasteiger charge is -2.15. The molecule has 1 N–H and O–H groups in total. The summed E-state index contributed by atoms with van der Waals surface area (Å²) < 4.78 is 0. The highest BCUT2D eigenvalue weighted by Crippen LogP contribution is 2.30. The van der Waals surface area contributed by atoms with Gasteiger partial charge in [0.25, 0.3) is 5.91 Å². The Kier molecular flexibility index (Phi) is 2.95. The normalized spacial score (nSPS) is 13.6. The van der Waals surface area contributed by atoms with E-state index < -0.39 is 0 Å². The Morgan fingerprint density at radius 2 is 1.88 bits per heavy atom. The topological polar surface area (TPSA) is 49.0 Å². The van der Waals surface area contributed by atoms with Crippen LogP contribution in [-0.4, -0.2) is 22.4 Å². The molecule has 0 radical (unpaired) electrons. The van der Waals surface area contributed by atoms with Gasteiger partial charge in [-0.3, -0.25) is 4.79 Å². The zero-order valence-electron chi connectivity index (χ0n) is 13.9. The van der Waals surface area contributed by atoms with E-state index in [0.717, 1.165) is 39.6 Å². The van der Waals surface area contributed by atoms with Crippen LogP contribution in [0.1, 0.15) is 21.7 Å². The van der Waals surface area contributed by atoms with Crippen LogP contribution in [0.15, 0.2) is 54.6 Å². The quantitative estimate of drug-likeness (QED) is 0.569. The van der Waals surface area contributed by atoms with Crippen LogP contribution in [0.4, 0.5) is 5.69 Å². The largest absolute Gasteiger partial charge is 0.357 e. The third kappa shape index (κ3) is 2.14. The summed E-state index contributed by atoms with van der Waals surface area (Å²) in [5.41, 5.74) is 5.65. The van der Waals surface area contributed by atoms with E-state index in [1.54, 1.807) is 0 Å². The van der Waals surface area contributed by atoms with E-state index in [9.17, 15) is 4.79 Å². The highest BCUT2D eigenvalue weighted by molar-refractivity contribution is 6.11. The van der Waals surface area contributed by atoms with Gasteiger partial charge in [-0.25, -0.2) is 4.98 Å². The van der Waals surface area contributed by atoms with Gasteiger partial charge in [-0.1, -0.05) is 36.4 Å². The molecule has 0 fully saturated rings. The second kappa shape index (κ2) is 5.18. The lowest BCUT2D eigenvalue weighted by molar-refractivity contribution is 0.0985. The van der Waals surface area contributed by atoms with Crippen LogP contribution in [0.5, 0.6) is 0 Å². The molecule has 0 saturated heterocycles. The fourth-order valence-corrected chi connectivity index (χ4v) is 3.68. The number of aromatic amines is 1. The van der Waals surface area contributed by atoms with E-state index in [1.807, 2.05) is 48.2 Å². The average Bonchev–Trinajstić information content (AvgIpc) is 3.25. The van der Waals surface area contributed by atoms with E-state index in [2.05, 4.69) is 28.2 Å². The van der Waals surface area contributed by atoms with Crippen molar-refractivity contribution in [3.8, 4) is 0 Å². The summed E-state index contributed by atoms with van der Waals surface area (Å²) >= 11 is 0. The second-order valence-electron chi connectivity index (χ2n) is 6.59. The number of rotatable bonds is 1. The molecule has 4 aromatic rings. The molecule has 0 atom stereocenters. The van der Waals surface area contributed by atoms with Crippen molar-refractivity contribution in [2.75, 3.05) is 11.4 Å². The summed E-state index contributed by atoms with van der Waals surface area (Å²) in [6.45, 7) is 2.74. The average molecular weight is 327 g/mol. The molecule has 3 heterocycles. The maximum Gasteiger partial charge on any atom is 0.276 e. The summed E-state index contributed by atoms with van der Waals surface area (Å²) in [6.07, 6.45) is 0.901. The SMILES string of the molecule is Cc1ccc2ccc3cc(C(=O)N4CCc5ccccc54)nc3c2[nH]1. The summed E-state index contributed by atoms with van der Waals surface area (Å²) in [6, 6.07) is 18.2. The van der Waals surface area contributed by atoms with Crippen LogP contribution in [-0.2, 0) is 6.42 Å². The zero-order valence-corrected chi connectivity index (χ0v) is 13.9. The predicted molar refractivity (Wildman–Crippen MR) is 100 cm³/mol. The molecule has 1 aliphatic heterocycles. The first-order chi connectivity index (χ1) is 12.2. The van der Waals surface area contributed by atoms with Crippen molar-refractivity contribution in [3.63, 3.8) is 0 Å². The number of benzene rings is 2. The minimum absolute atomic E-state index is 0.0260. The van der Waals surface area contributed by atoms with Gasteiger partial charge in [-0.15, -0.1) is 0 Å². The number of amides is 1. The number of nitrogens with one attached hydrogen (secondary N) is 1. The Morgan fingerprint density at radius 3 is 2.80 bits per heavy atom. The van der Waals surface area contributed by atoms with Crippen LogP contribution >= 0.6 is 0 Å². The van der Waals surface area contributed by atoms with Gasteiger partial charge in [0.1, 0.15) is 5.69 Å². The Balaban J connectivity index is 1.63. The van der Waals surface area contributed by atoms with E-state index in [0.29, 0.717) is 12.2 Å². The van der Waals surface area contributed by atoms with Gasteiger partial charge in [0.2, 0.25) is 0 Å². The van der Waals surface area contributed by atoms with Gasteiger partial charge < -0.3 is 9.88 Å². The predicted octanol–water partition coefficient (Wildman–Crippen LogP) is 4.23. The van der Waals surface area contributed by atoms with Crippen LogP contribution in [0.25, 0.3) is 21.8 Å². The highest BCUT2D eigenvalue weighted by Gasteiger charge is 2.26. The van der Waals surface area contributed by atoms with Crippen LogP contribution in [0.3, 0.4) is 0 Å². The minimum Gasteiger partial charge on any atom is -0.357 e.